The molecule has 19 heavy (non-hydrogen) atoms. The molecule has 112 valence electrons. The van der Waals surface area contributed by atoms with Gasteiger partial charge in [-0.05, 0) is 6.42 Å². The predicted octanol–water partition coefficient (Wildman–Crippen LogP) is 2.89. The summed E-state index contributed by atoms with van der Waals surface area (Å²) < 4.78 is 21.1. The van der Waals surface area contributed by atoms with Crippen LogP contribution >= 0.6 is 0 Å². The standard InChI is InChI=1S/C13H26O5Si/c1-5-7-8-9-10-11-19(15-3,16-4)18-12-17-13(14)6-2/h6H,2,5,7-12H2,1,3-4H3. The number of carbonyl (C=O) groups is 1. The summed E-state index contributed by atoms with van der Waals surface area (Å²) in [6, 6.07) is 0.732. The van der Waals surface area contributed by atoms with Crippen molar-refractivity contribution in [1.29, 1.82) is 0 Å². The van der Waals surface area contributed by atoms with E-state index in [-0.39, 0.29) is 6.79 Å². The van der Waals surface area contributed by atoms with Crippen LogP contribution in [0.25, 0.3) is 0 Å². The number of hydrogen-bond donors (Lipinski definition) is 0. The van der Waals surface area contributed by atoms with Gasteiger partial charge in [0.2, 0.25) is 0 Å². The molecule has 0 aliphatic rings. The highest BCUT2D eigenvalue weighted by Gasteiger charge is 2.38. The first-order valence-corrected chi connectivity index (χ1v) is 8.60. The molecule has 0 aliphatic carbocycles. The van der Waals surface area contributed by atoms with Gasteiger partial charge in [-0.15, -0.1) is 0 Å². The summed E-state index contributed by atoms with van der Waals surface area (Å²) in [6.45, 7) is 5.33. The van der Waals surface area contributed by atoms with E-state index in [9.17, 15) is 4.79 Å². The molecule has 0 N–H and O–H groups in total. The second-order valence-electron chi connectivity index (χ2n) is 4.19. The Labute approximate surface area is 117 Å². The third-order valence-corrected chi connectivity index (χ3v) is 5.62. The zero-order valence-electron chi connectivity index (χ0n) is 12.3. The van der Waals surface area contributed by atoms with Crippen LogP contribution in [0.2, 0.25) is 6.04 Å². The zero-order chi connectivity index (χ0) is 14.6. The van der Waals surface area contributed by atoms with Gasteiger partial charge in [0.15, 0.2) is 6.79 Å². The third-order valence-electron chi connectivity index (χ3n) is 2.86. The van der Waals surface area contributed by atoms with E-state index in [1.165, 1.54) is 19.3 Å². The second-order valence-corrected chi connectivity index (χ2v) is 7.16. The fraction of sp³-hybridized carbons (Fsp3) is 0.769. The first-order valence-electron chi connectivity index (χ1n) is 6.67. The summed E-state index contributed by atoms with van der Waals surface area (Å²) in [5.41, 5.74) is 0. The van der Waals surface area contributed by atoms with Gasteiger partial charge < -0.3 is 18.0 Å². The van der Waals surface area contributed by atoms with Crippen LogP contribution in [0.15, 0.2) is 12.7 Å². The number of hydrogen-bond acceptors (Lipinski definition) is 5. The van der Waals surface area contributed by atoms with Crippen LogP contribution in [-0.4, -0.2) is 35.8 Å². The molecule has 0 saturated carbocycles. The molecule has 0 radical (unpaired) electrons. The van der Waals surface area contributed by atoms with E-state index in [0.29, 0.717) is 0 Å². The van der Waals surface area contributed by atoms with E-state index < -0.39 is 14.8 Å². The van der Waals surface area contributed by atoms with Crippen molar-refractivity contribution >= 4 is 14.8 Å². The Bertz CT molecular complexity index is 253. The lowest BCUT2D eigenvalue weighted by atomic mass is 10.2. The lowest BCUT2D eigenvalue weighted by Gasteiger charge is -2.25. The Hall–Kier alpha value is -0.693. The minimum Gasteiger partial charge on any atom is -0.436 e. The minimum atomic E-state index is -2.69. The zero-order valence-corrected chi connectivity index (χ0v) is 13.3. The molecule has 5 nitrogen and oxygen atoms in total. The molecule has 0 heterocycles. The molecule has 0 spiro atoms. The smallest absolute Gasteiger partial charge is 0.436 e. The highest BCUT2D eigenvalue weighted by molar-refractivity contribution is 6.60. The maximum absolute atomic E-state index is 10.9. The summed E-state index contributed by atoms with van der Waals surface area (Å²) in [5, 5.41) is 0. The molecule has 0 aromatic carbocycles. The Balaban J connectivity index is 4.03. The van der Waals surface area contributed by atoms with Gasteiger partial charge >= 0.3 is 14.8 Å². The van der Waals surface area contributed by atoms with Gasteiger partial charge in [-0.3, -0.25) is 0 Å². The van der Waals surface area contributed by atoms with E-state index in [4.69, 9.17) is 18.0 Å². The normalized spacial score (nSPS) is 11.3. The Kier molecular flexibility index (Phi) is 10.8. The molecule has 0 saturated heterocycles. The van der Waals surface area contributed by atoms with Gasteiger partial charge in [-0.25, -0.2) is 4.79 Å². The van der Waals surface area contributed by atoms with Crippen molar-refractivity contribution in [2.75, 3.05) is 21.0 Å². The molecule has 6 heteroatoms. The highest BCUT2D eigenvalue weighted by atomic mass is 28.4. The van der Waals surface area contributed by atoms with Crippen molar-refractivity contribution in [1.82, 2.24) is 0 Å². The molecule has 0 bridgehead atoms. The van der Waals surface area contributed by atoms with E-state index in [1.807, 2.05) is 0 Å². The van der Waals surface area contributed by atoms with Crippen LogP contribution in [0, 0.1) is 0 Å². The second kappa shape index (κ2) is 11.2. The number of rotatable bonds is 12. The van der Waals surface area contributed by atoms with Crippen LogP contribution in [0.1, 0.15) is 39.0 Å². The van der Waals surface area contributed by atoms with Crippen LogP contribution in [0.5, 0.6) is 0 Å². The summed E-state index contributed by atoms with van der Waals surface area (Å²) in [5.74, 6) is -0.516. The number of ether oxygens (including phenoxy) is 1. The number of carbonyl (C=O) groups excluding carboxylic acids is 1. The van der Waals surface area contributed by atoms with E-state index in [2.05, 4.69) is 13.5 Å². The molecule has 0 atom stereocenters. The molecular formula is C13H26O5Si. The fourth-order valence-electron chi connectivity index (χ4n) is 1.66. The van der Waals surface area contributed by atoms with E-state index in [0.717, 1.165) is 25.0 Å². The van der Waals surface area contributed by atoms with Crippen LogP contribution < -0.4 is 0 Å². The maximum atomic E-state index is 10.9. The van der Waals surface area contributed by atoms with Crippen molar-refractivity contribution in [3.05, 3.63) is 12.7 Å². The Morgan fingerprint density at radius 2 is 1.79 bits per heavy atom. The van der Waals surface area contributed by atoms with Gasteiger partial charge in [-0.2, -0.15) is 0 Å². The van der Waals surface area contributed by atoms with Gasteiger partial charge in [0, 0.05) is 26.3 Å². The van der Waals surface area contributed by atoms with Crippen LogP contribution in [-0.2, 0) is 22.8 Å². The van der Waals surface area contributed by atoms with Crippen molar-refractivity contribution in [2.45, 2.75) is 45.1 Å². The summed E-state index contributed by atoms with van der Waals surface area (Å²) in [6.07, 6.45) is 6.88. The van der Waals surface area contributed by atoms with E-state index >= 15 is 0 Å². The van der Waals surface area contributed by atoms with Gasteiger partial charge in [0.25, 0.3) is 0 Å². The quantitative estimate of drug-likeness (QED) is 0.182. The molecule has 0 fully saturated rings. The minimum absolute atomic E-state index is 0.159. The largest absolute Gasteiger partial charge is 0.502 e. The molecule has 0 rings (SSSR count). The lowest BCUT2D eigenvalue weighted by molar-refractivity contribution is -0.146. The van der Waals surface area contributed by atoms with Gasteiger partial charge in [0.05, 0.1) is 0 Å². The number of unbranched alkanes of at least 4 members (excludes halogenated alkanes) is 4. The topological polar surface area (TPSA) is 54.0 Å². The first-order chi connectivity index (χ1) is 9.14. The Morgan fingerprint density at radius 1 is 1.16 bits per heavy atom. The molecular weight excluding hydrogens is 264 g/mol. The van der Waals surface area contributed by atoms with Gasteiger partial charge in [0.1, 0.15) is 0 Å². The van der Waals surface area contributed by atoms with Crippen LogP contribution in [0.3, 0.4) is 0 Å². The van der Waals surface area contributed by atoms with E-state index in [1.54, 1.807) is 14.2 Å². The summed E-state index contributed by atoms with van der Waals surface area (Å²) in [4.78, 5) is 10.9. The average Bonchev–Trinajstić information content (AvgIpc) is 2.45. The fourth-order valence-corrected chi connectivity index (χ4v) is 3.54. The molecule has 0 aromatic rings. The SMILES string of the molecule is C=CC(=O)OCO[Si](CCCCCCC)(OC)OC. The average molecular weight is 290 g/mol. The first kappa shape index (κ1) is 18.3. The highest BCUT2D eigenvalue weighted by Crippen LogP contribution is 2.18. The van der Waals surface area contributed by atoms with Gasteiger partial charge in [-0.1, -0.05) is 39.2 Å². The predicted molar refractivity (Wildman–Crippen MR) is 75.6 cm³/mol. The molecule has 0 aromatic heterocycles. The Morgan fingerprint density at radius 3 is 2.32 bits per heavy atom. The van der Waals surface area contributed by atoms with Crippen molar-refractivity contribution in [3.63, 3.8) is 0 Å². The molecule has 0 amide bonds. The molecule has 0 unspecified atom stereocenters. The summed E-state index contributed by atoms with van der Waals surface area (Å²) >= 11 is 0. The van der Waals surface area contributed by atoms with Crippen molar-refractivity contribution in [2.24, 2.45) is 0 Å². The molecule has 0 aliphatic heterocycles. The lowest BCUT2D eigenvalue weighted by Crippen LogP contribution is -2.44. The maximum Gasteiger partial charge on any atom is 0.502 e. The van der Waals surface area contributed by atoms with Crippen molar-refractivity contribution in [3.8, 4) is 0 Å². The van der Waals surface area contributed by atoms with Crippen molar-refractivity contribution < 1.29 is 22.8 Å². The van der Waals surface area contributed by atoms with Crippen LogP contribution in [0.4, 0.5) is 0 Å². The monoisotopic (exact) mass is 290 g/mol. The summed E-state index contributed by atoms with van der Waals surface area (Å²) in [7, 11) is 0.438. The number of esters is 1. The third kappa shape index (κ3) is 8.15.